The fourth-order valence-corrected chi connectivity index (χ4v) is 1.44. The number of amides is 2. The van der Waals surface area contributed by atoms with E-state index in [1.165, 1.54) is 24.3 Å². The minimum atomic E-state index is -0.313. The number of anilines is 1. The van der Waals surface area contributed by atoms with Gasteiger partial charge >= 0.3 is 6.03 Å². The van der Waals surface area contributed by atoms with E-state index in [1.54, 1.807) is 0 Å². The largest absolute Gasteiger partial charge is 0.337 e. The zero-order chi connectivity index (χ0) is 11.4. The molecule has 0 saturated carbocycles. The van der Waals surface area contributed by atoms with Gasteiger partial charge in [-0.2, -0.15) is 0 Å². The molecule has 16 heavy (non-hydrogen) atoms. The third-order valence-corrected chi connectivity index (χ3v) is 2.52. The summed E-state index contributed by atoms with van der Waals surface area (Å²) in [4.78, 5) is 11.4. The molecule has 2 rings (SSSR count). The second-order valence-electron chi connectivity index (χ2n) is 3.87. The molecule has 0 radical (unpaired) electrons. The van der Waals surface area contributed by atoms with Crippen molar-refractivity contribution in [3.05, 3.63) is 30.1 Å². The summed E-state index contributed by atoms with van der Waals surface area (Å²) in [6.45, 7) is 2.58. The fraction of sp³-hybridized carbons (Fsp3) is 0.364. The molecular weight excluding hydrogens is 209 g/mol. The predicted molar refractivity (Wildman–Crippen MR) is 59.8 cm³/mol. The van der Waals surface area contributed by atoms with Crippen LogP contribution in [0, 0.1) is 11.7 Å². The van der Waals surface area contributed by atoms with Crippen LogP contribution in [-0.4, -0.2) is 25.7 Å². The smallest absolute Gasteiger partial charge is 0.319 e. The molecule has 0 aromatic heterocycles. The van der Waals surface area contributed by atoms with Gasteiger partial charge < -0.3 is 16.0 Å². The van der Waals surface area contributed by atoms with Crippen LogP contribution >= 0.6 is 0 Å². The molecule has 0 bridgehead atoms. The molecule has 0 spiro atoms. The Bertz CT molecular complexity index is 362. The molecule has 4 nitrogen and oxygen atoms in total. The van der Waals surface area contributed by atoms with E-state index in [0.717, 1.165) is 13.1 Å². The maximum atomic E-state index is 12.6. The molecule has 2 amide bonds. The minimum Gasteiger partial charge on any atom is -0.337 e. The zero-order valence-corrected chi connectivity index (χ0v) is 8.79. The molecule has 0 unspecified atom stereocenters. The lowest BCUT2D eigenvalue weighted by Gasteiger charge is -2.27. The molecule has 0 aliphatic carbocycles. The molecule has 1 aliphatic heterocycles. The number of carbonyl (C=O) groups is 1. The van der Waals surface area contributed by atoms with E-state index in [4.69, 9.17) is 0 Å². The topological polar surface area (TPSA) is 53.2 Å². The predicted octanol–water partition coefficient (Wildman–Crippen LogP) is 1.17. The first-order valence-corrected chi connectivity index (χ1v) is 5.25. The molecule has 3 N–H and O–H groups in total. The van der Waals surface area contributed by atoms with E-state index in [0.29, 0.717) is 18.2 Å². The monoisotopic (exact) mass is 223 g/mol. The van der Waals surface area contributed by atoms with Crippen molar-refractivity contribution in [3.8, 4) is 0 Å². The third-order valence-electron chi connectivity index (χ3n) is 2.52. The third kappa shape index (κ3) is 2.93. The van der Waals surface area contributed by atoms with Gasteiger partial charge in [0, 0.05) is 31.2 Å². The van der Waals surface area contributed by atoms with Gasteiger partial charge in [-0.1, -0.05) is 0 Å². The number of benzene rings is 1. The number of nitrogens with one attached hydrogen (secondary N) is 3. The van der Waals surface area contributed by atoms with Crippen LogP contribution in [0.4, 0.5) is 14.9 Å². The number of hydrogen-bond donors (Lipinski definition) is 3. The normalized spacial score (nSPS) is 15.3. The lowest BCUT2D eigenvalue weighted by molar-refractivity contribution is 0.246. The van der Waals surface area contributed by atoms with E-state index in [1.807, 2.05) is 0 Å². The van der Waals surface area contributed by atoms with Crippen LogP contribution in [0.5, 0.6) is 0 Å². The van der Waals surface area contributed by atoms with Crippen LogP contribution in [0.2, 0.25) is 0 Å². The van der Waals surface area contributed by atoms with Crippen LogP contribution in [-0.2, 0) is 0 Å². The van der Waals surface area contributed by atoms with Crippen molar-refractivity contribution >= 4 is 11.7 Å². The number of rotatable bonds is 3. The van der Waals surface area contributed by atoms with Gasteiger partial charge in [0.2, 0.25) is 0 Å². The summed E-state index contributed by atoms with van der Waals surface area (Å²) in [6.07, 6.45) is 0. The molecule has 1 heterocycles. The molecule has 5 heteroatoms. The summed E-state index contributed by atoms with van der Waals surface area (Å²) in [6, 6.07) is 5.43. The minimum absolute atomic E-state index is 0.251. The molecule has 1 aliphatic rings. The van der Waals surface area contributed by atoms with Gasteiger partial charge in [0.05, 0.1) is 0 Å². The summed E-state index contributed by atoms with van der Waals surface area (Å²) >= 11 is 0. The lowest BCUT2D eigenvalue weighted by Crippen LogP contribution is -2.48. The Morgan fingerprint density at radius 1 is 1.38 bits per heavy atom. The average molecular weight is 223 g/mol. The van der Waals surface area contributed by atoms with Crippen molar-refractivity contribution in [2.75, 3.05) is 25.0 Å². The van der Waals surface area contributed by atoms with Crippen molar-refractivity contribution in [2.45, 2.75) is 0 Å². The molecule has 1 fully saturated rings. The summed E-state index contributed by atoms with van der Waals surface area (Å²) in [5.74, 6) is 0.213. The summed E-state index contributed by atoms with van der Waals surface area (Å²) in [5, 5.41) is 8.53. The Morgan fingerprint density at radius 3 is 2.62 bits per heavy atom. The molecular formula is C11H14FN3O. The molecule has 0 atom stereocenters. The summed E-state index contributed by atoms with van der Waals surface area (Å²) in [5.41, 5.74) is 0.589. The first-order chi connectivity index (χ1) is 7.74. The van der Waals surface area contributed by atoms with Crippen molar-refractivity contribution < 1.29 is 9.18 Å². The van der Waals surface area contributed by atoms with Crippen LogP contribution < -0.4 is 16.0 Å². The lowest BCUT2D eigenvalue weighted by atomic mass is 10.0. The van der Waals surface area contributed by atoms with Crippen molar-refractivity contribution in [3.63, 3.8) is 0 Å². The van der Waals surface area contributed by atoms with E-state index in [2.05, 4.69) is 16.0 Å². The Balaban J connectivity index is 1.75. The second kappa shape index (κ2) is 4.94. The van der Waals surface area contributed by atoms with Crippen LogP contribution in [0.25, 0.3) is 0 Å². The highest BCUT2D eigenvalue weighted by molar-refractivity contribution is 5.89. The molecule has 1 aromatic carbocycles. The number of halogens is 1. The average Bonchev–Trinajstić information content (AvgIpc) is 2.19. The number of carbonyl (C=O) groups excluding carboxylic acids is 1. The Morgan fingerprint density at radius 2 is 2.06 bits per heavy atom. The molecule has 1 saturated heterocycles. The van der Waals surface area contributed by atoms with Crippen molar-refractivity contribution in [1.29, 1.82) is 0 Å². The highest BCUT2D eigenvalue weighted by atomic mass is 19.1. The van der Waals surface area contributed by atoms with Gasteiger partial charge in [-0.3, -0.25) is 0 Å². The van der Waals surface area contributed by atoms with E-state index in [-0.39, 0.29) is 11.8 Å². The van der Waals surface area contributed by atoms with Gasteiger partial charge in [-0.05, 0) is 24.3 Å². The standard InChI is InChI=1S/C11H14FN3O/c12-9-1-3-10(4-2-9)15-11(16)14-7-8-5-13-6-8/h1-4,8,13H,5-7H2,(H2,14,15,16). The summed E-state index contributed by atoms with van der Waals surface area (Å²) in [7, 11) is 0. The number of hydrogen-bond acceptors (Lipinski definition) is 2. The molecule has 1 aromatic rings. The Hall–Kier alpha value is -1.62. The molecule has 86 valence electrons. The maximum Gasteiger partial charge on any atom is 0.319 e. The van der Waals surface area contributed by atoms with Gasteiger partial charge in [-0.25, -0.2) is 9.18 Å². The van der Waals surface area contributed by atoms with E-state index < -0.39 is 0 Å². The van der Waals surface area contributed by atoms with Gasteiger partial charge in [-0.15, -0.1) is 0 Å². The van der Waals surface area contributed by atoms with E-state index in [9.17, 15) is 9.18 Å². The second-order valence-corrected chi connectivity index (χ2v) is 3.87. The Kier molecular flexibility index (Phi) is 3.36. The van der Waals surface area contributed by atoms with Crippen molar-refractivity contribution in [2.24, 2.45) is 5.92 Å². The first-order valence-electron chi connectivity index (χ1n) is 5.25. The Labute approximate surface area is 93.2 Å². The summed E-state index contributed by atoms with van der Waals surface area (Å²) < 4.78 is 12.6. The quantitative estimate of drug-likeness (QED) is 0.720. The zero-order valence-electron chi connectivity index (χ0n) is 8.79. The first kappa shape index (κ1) is 10.9. The SMILES string of the molecule is O=C(NCC1CNC1)Nc1ccc(F)cc1. The van der Waals surface area contributed by atoms with Crippen LogP contribution in [0.3, 0.4) is 0 Å². The maximum absolute atomic E-state index is 12.6. The van der Waals surface area contributed by atoms with Crippen molar-refractivity contribution in [1.82, 2.24) is 10.6 Å². The van der Waals surface area contributed by atoms with Gasteiger partial charge in [0.1, 0.15) is 5.82 Å². The van der Waals surface area contributed by atoms with Gasteiger partial charge in [0.25, 0.3) is 0 Å². The highest BCUT2D eigenvalue weighted by Gasteiger charge is 2.16. The van der Waals surface area contributed by atoms with Crippen LogP contribution in [0.15, 0.2) is 24.3 Å². The van der Waals surface area contributed by atoms with Gasteiger partial charge in [0.15, 0.2) is 0 Å². The van der Waals surface area contributed by atoms with Crippen LogP contribution in [0.1, 0.15) is 0 Å². The number of urea groups is 1. The van der Waals surface area contributed by atoms with E-state index >= 15 is 0 Å². The highest BCUT2D eigenvalue weighted by Crippen LogP contribution is 2.08. The fourth-order valence-electron chi connectivity index (χ4n) is 1.44.